The number of anilines is 1. The zero-order valence-corrected chi connectivity index (χ0v) is 9.60. The van der Waals surface area contributed by atoms with E-state index in [0.29, 0.717) is 11.4 Å². The second kappa shape index (κ2) is 4.95. The SMILES string of the molecule is COC(=O)c1ccnc(NC(=O)C2CCC2)c1. The van der Waals surface area contributed by atoms with E-state index in [-0.39, 0.29) is 11.8 Å². The van der Waals surface area contributed by atoms with E-state index in [1.807, 2.05) is 0 Å². The van der Waals surface area contributed by atoms with Crippen LogP contribution in [0.4, 0.5) is 5.82 Å². The first-order chi connectivity index (χ1) is 8.20. The molecule has 1 aliphatic rings. The minimum atomic E-state index is -0.438. The summed E-state index contributed by atoms with van der Waals surface area (Å²) >= 11 is 0. The quantitative estimate of drug-likeness (QED) is 0.807. The molecule has 1 fully saturated rings. The van der Waals surface area contributed by atoms with Crippen molar-refractivity contribution in [3.8, 4) is 0 Å². The highest BCUT2D eigenvalue weighted by Gasteiger charge is 2.25. The summed E-state index contributed by atoms with van der Waals surface area (Å²) in [6.45, 7) is 0. The Morgan fingerprint density at radius 3 is 2.82 bits per heavy atom. The van der Waals surface area contributed by atoms with Crippen molar-refractivity contribution in [3.63, 3.8) is 0 Å². The van der Waals surface area contributed by atoms with Crippen LogP contribution in [0.2, 0.25) is 0 Å². The number of hydrogen-bond donors (Lipinski definition) is 1. The predicted molar refractivity (Wildman–Crippen MR) is 61.5 cm³/mol. The van der Waals surface area contributed by atoms with Gasteiger partial charge in [0.1, 0.15) is 5.82 Å². The summed E-state index contributed by atoms with van der Waals surface area (Å²) in [5.41, 5.74) is 0.381. The molecule has 0 aromatic carbocycles. The van der Waals surface area contributed by atoms with Gasteiger partial charge in [-0.1, -0.05) is 6.42 Å². The first kappa shape index (κ1) is 11.6. The number of methoxy groups -OCH3 is 1. The molecule has 1 aliphatic carbocycles. The van der Waals surface area contributed by atoms with E-state index in [4.69, 9.17) is 0 Å². The Balaban J connectivity index is 2.05. The Hall–Kier alpha value is -1.91. The topological polar surface area (TPSA) is 68.3 Å². The smallest absolute Gasteiger partial charge is 0.338 e. The van der Waals surface area contributed by atoms with Gasteiger partial charge in [0.05, 0.1) is 12.7 Å². The molecule has 1 aromatic rings. The van der Waals surface area contributed by atoms with Gasteiger partial charge in [0, 0.05) is 12.1 Å². The zero-order chi connectivity index (χ0) is 12.3. The Morgan fingerprint density at radius 1 is 1.47 bits per heavy atom. The fraction of sp³-hybridized carbons (Fsp3) is 0.417. The van der Waals surface area contributed by atoms with E-state index in [1.165, 1.54) is 19.4 Å². The van der Waals surface area contributed by atoms with Crippen LogP contribution in [-0.4, -0.2) is 24.0 Å². The third-order valence-corrected chi connectivity index (χ3v) is 2.91. The van der Waals surface area contributed by atoms with E-state index < -0.39 is 5.97 Å². The average molecular weight is 234 g/mol. The molecule has 0 atom stereocenters. The van der Waals surface area contributed by atoms with Gasteiger partial charge in [0.25, 0.3) is 0 Å². The van der Waals surface area contributed by atoms with Crippen molar-refractivity contribution < 1.29 is 14.3 Å². The maximum Gasteiger partial charge on any atom is 0.338 e. The van der Waals surface area contributed by atoms with Gasteiger partial charge in [0.15, 0.2) is 0 Å². The highest BCUT2D eigenvalue weighted by molar-refractivity contribution is 5.94. The van der Waals surface area contributed by atoms with Gasteiger partial charge in [-0.25, -0.2) is 9.78 Å². The van der Waals surface area contributed by atoms with Crippen molar-refractivity contribution in [3.05, 3.63) is 23.9 Å². The standard InChI is InChI=1S/C12H14N2O3/c1-17-12(16)9-5-6-13-10(7-9)14-11(15)8-3-2-4-8/h5-8H,2-4H2,1H3,(H,13,14,15). The van der Waals surface area contributed by atoms with Crippen molar-refractivity contribution in [2.45, 2.75) is 19.3 Å². The van der Waals surface area contributed by atoms with Gasteiger partial charge in [-0.15, -0.1) is 0 Å². The molecule has 17 heavy (non-hydrogen) atoms. The van der Waals surface area contributed by atoms with Crippen molar-refractivity contribution in [2.75, 3.05) is 12.4 Å². The third-order valence-electron chi connectivity index (χ3n) is 2.91. The van der Waals surface area contributed by atoms with Crippen molar-refractivity contribution in [1.29, 1.82) is 0 Å². The minimum Gasteiger partial charge on any atom is -0.465 e. The molecule has 1 N–H and O–H groups in total. The van der Waals surface area contributed by atoms with Crippen molar-refractivity contribution in [2.24, 2.45) is 5.92 Å². The van der Waals surface area contributed by atoms with E-state index in [0.717, 1.165) is 19.3 Å². The molecule has 0 radical (unpaired) electrons. The number of esters is 1. The number of nitrogens with one attached hydrogen (secondary N) is 1. The first-order valence-electron chi connectivity index (χ1n) is 5.56. The largest absolute Gasteiger partial charge is 0.465 e. The number of hydrogen-bond acceptors (Lipinski definition) is 4. The molecule has 90 valence electrons. The summed E-state index contributed by atoms with van der Waals surface area (Å²) in [6.07, 6.45) is 4.45. The summed E-state index contributed by atoms with van der Waals surface area (Å²) in [5, 5.41) is 2.71. The number of carbonyl (C=O) groups excluding carboxylic acids is 2. The fourth-order valence-electron chi connectivity index (χ4n) is 1.64. The summed E-state index contributed by atoms with van der Waals surface area (Å²) in [4.78, 5) is 27.0. The number of nitrogens with zero attached hydrogens (tertiary/aromatic N) is 1. The van der Waals surface area contributed by atoms with Gasteiger partial charge in [-0.2, -0.15) is 0 Å². The number of carbonyl (C=O) groups is 2. The molecule has 0 saturated heterocycles. The summed E-state index contributed by atoms with van der Waals surface area (Å²) in [7, 11) is 1.31. The molecule has 1 amide bonds. The third kappa shape index (κ3) is 2.61. The van der Waals surface area contributed by atoms with Gasteiger partial charge in [-0.3, -0.25) is 4.79 Å². The van der Waals surface area contributed by atoms with Crippen LogP contribution in [0.3, 0.4) is 0 Å². The summed E-state index contributed by atoms with van der Waals surface area (Å²) < 4.78 is 4.60. The number of pyridine rings is 1. The van der Waals surface area contributed by atoms with E-state index >= 15 is 0 Å². The lowest BCUT2D eigenvalue weighted by Gasteiger charge is -2.23. The Labute approximate surface area is 99.2 Å². The molecule has 1 heterocycles. The lowest BCUT2D eigenvalue weighted by molar-refractivity contribution is -0.122. The normalized spacial score (nSPS) is 14.9. The van der Waals surface area contributed by atoms with Gasteiger partial charge in [-0.05, 0) is 25.0 Å². The maximum atomic E-state index is 11.7. The lowest BCUT2D eigenvalue weighted by atomic mass is 9.85. The highest BCUT2D eigenvalue weighted by Crippen LogP contribution is 2.27. The molecule has 0 unspecified atom stereocenters. The number of aromatic nitrogens is 1. The summed E-state index contributed by atoms with van der Waals surface area (Å²) in [6, 6.07) is 3.06. The van der Waals surface area contributed by atoms with Crippen LogP contribution in [0, 0.1) is 5.92 Å². The van der Waals surface area contributed by atoms with Crippen LogP contribution in [0.1, 0.15) is 29.6 Å². The Morgan fingerprint density at radius 2 is 2.24 bits per heavy atom. The second-order valence-corrected chi connectivity index (χ2v) is 4.04. The zero-order valence-electron chi connectivity index (χ0n) is 9.60. The van der Waals surface area contributed by atoms with Crippen LogP contribution in [0.15, 0.2) is 18.3 Å². The van der Waals surface area contributed by atoms with Crippen LogP contribution in [-0.2, 0) is 9.53 Å². The average Bonchev–Trinajstić information content (AvgIpc) is 2.26. The van der Waals surface area contributed by atoms with Gasteiger partial charge in [0.2, 0.25) is 5.91 Å². The number of ether oxygens (including phenoxy) is 1. The maximum absolute atomic E-state index is 11.7. The van der Waals surface area contributed by atoms with Crippen molar-refractivity contribution >= 4 is 17.7 Å². The predicted octanol–water partition coefficient (Wildman–Crippen LogP) is 1.61. The molecule has 0 spiro atoms. The molecule has 0 aliphatic heterocycles. The van der Waals surface area contributed by atoms with Crippen LogP contribution in [0.5, 0.6) is 0 Å². The number of amides is 1. The summed E-state index contributed by atoms with van der Waals surface area (Å²) in [5.74, 6) is 0.0284. The Bertz CT molecular complexity index is 441. The van der Waals surface area contributed by atoms with E-state index in [2.05, 4.69) is 15.0 Å². The fourth-order valence-corrected chi connectivity index (χ4v) is 1.64. The monoisotopic (exact) mass is 234 g/mol. The minimum absolute atomic E-state index is 0.0224. The highest BCUT2D eigenvalue weighted by atomic mass is 16.5. The second-order valence-electron chi connectivity index (χ2n) is 4.04. The molecular formula is C12H14N2O3. The molecule has 2 rings (SSSR count). The first-order valence-corrected chi connectivity index (χ1v) is 5.56. The van der Waals surface area contributed by atoms with E-state index in [1.54, 1.807) is 6.07 Å². The molecule has 1 aromatic heterocycles. The molecule has 5 nitrogen and oxygen atoms in total. The van der Waals surface area contributed by atoms with Gasteiger partial charge >= 0.3 is 5.97 Å². The Kier molecular flexibility index (Phi) is 3.37. The van der Waals surface area contributed by atoms with Crippen LogP contribution >= 0.6 is 0 Å². The number of rotatable bonds is 3. The van der Waals surface area contributed by atoms with Gasteiger partial charge < -0.3 is 10.1 Å². The molecule has 0 bridgehead atoms. The van der Waals surface area contributed by atoms with Crippen molar-refractivity contribution in [1.82, 2.24) is 4.98 Å². The molecule has 5 heteroatoms. The lowest BCUT2D eigenvalue weighted by Crippen LogP contribution is -2.28. The van der Waals surface area contributed by atoms with Crippen LogP contribution in [0.25, 0.3) is 0 Å². The van der Waals surface area contributed by atoms with E-state index in [9.17, 15) is 9.59 Å². The van der Waals surface area contributed by atoms with Crippen LogP contribution < -0.4 is 5.32 Å². The molecule has 1 saturated carbocycles. The molecular weight excluding hydrogens is 220 g/mol.